The molecule has 3 saturated carbocycles. The molecule has 0 spiro atoms. The molecule has 1 heterocycles. The van der Waals surface area contributed by atoms with Gasteiger partial charge in [0.2, 0.25) is 5.84 Å². The maximum absolute atomic E-state index is 10.3. The lowest BCUT2D eigenvalue weighted by atomic mass is 9.65. The number of hydrogen-bond donors (Lipinski definition) is 0. The Kier molecular flexibility index (Phi) is 5.20. The summed E-state index contributed by atoms with van der Waals surface area (Å²) in [5, 5.41) is 15.6. The smallest absolute Gasteiger partial charge is 0.263 e. The summed E-state index contributed by atoms with van der Waals surface area (Å²) in [4.78, 5) is 5.24. The number of ether oxygens (including phenoxy) is 1. The highest BCUT2D eigenvalue weighted by molar-refractivity contribution is 6.08. The number of benzene rings is 2. The molecule has 0 amide bonds. The van der Waals surface area contributed by atoms with E-state index in [0.717, 1.165) is 55.1 Å². The molecule has 0 N–H and O–H groups in total. The van der Waals surface area contributed by atoms with Crippen molar-refractivity contribution in [3.63, 3.8) is 0 Å². The molecule has 0 bridgehead atoms. The minimum atomic E-state index is -0.511. The summed E-state index contributed by atoms with van der Waals surface area (Å²) < 4.78 is 7.30. The van der Waals surface area contributed by atoms with Crippen LogP contribution in [0.1, 0.15) is 62.5 Å². The highest BCUT2D eigenvalue weighted by Crippen LogP contribution is 2.48. The minimum absolute atomic E-state index is 0.465. The summed E-state index contributed by atoms with van der Waals surface area (Å²) in [5.74, 6) is 2.55. The molecule has 1 unspecified atom stereocenters. The number of amidine groups is 2. The van der Waals surface area contributed by atoms with E-state index in [-0.39, 0.29) is 0 Å². The van der Waals surface area contributed by atoms with E-state index in [1.807, 2.05) is 18.2 Å². The molecule has 3 fully saturated rings. The third-order valence-corrected chi connectivity index (χ3v) is 8.38. The Bertz CT molecular complexity index is 1150. The largest absolute Gasteiger partial charge is 0.366 e. The Morgan fingerprint density at radius 3 is 2.18 bits per heavy atom. The SMILES string of the molecule is C[N+]1(C2CC2)N=C([C@]2(OCC3CC3)CC[C@](C#N)(c3ccccc3)CC2)N=C1c1ccccc1. The van der Waals surface area contributed by atoms with Crippen molar-refractivity contribution in [1.82, 2.24) is 0 Å². The van der Waals surface area contributed by atoms with Crippen molar-refractivity contribution in [2.75, 3.05) is 13.7 Å². The highest BCUT2D eigenvalue weighted by Gasteiger charge is 2.56. The van der Waals surface area contributed by atoms with Crippen LogP contribution in [-0.2, 0) is 10.2 Å². The average molecular weight is 454 g/mol. The first kappa shape index (κ1) is 21.7. The Morgan fingerprint density at radius 1 is 0.941 bits per heavy atom. The van der Waals surface area contributed by atoms with Crippen LogP contribution in [0.3, 0.4) is 0 Å². The van der Waals surface area contributed by atoms with Gasteiger partial charge in [0.05, 0.1) is 30.7 Å². The van der Waals surface area contributed by atoms with Crippen molar-refractivity contribution in [2.24, 2.45) is 16.0 Å². The fraction of sp³-hybridized carbons (Fsp3) is 0.483. The minimum Gasteiger partial charge on any atom is -0.366 e. The van der Waals surface area contributed by atoms with Crippen molar-refractivity contribution in [1.29, 1.82) is 5.26 Å². The van der Waals surface area contributed by atoms with E-state index < -0.39 is 11.0 Å². The van der Waals surface area contributed by atoms with Crippen LogP contribution in [0, 0.1) is 17.2 Å². The molecule has 3 aliphatic carbocycles. The second kappa shape index (κ2) is 8.15. The topological polar surface area (TPSA) is 57.7 Å². The Hall–Kier alpha value is -2.81. The normalized spacial score (nSPS) is 33.2. The van der Waals surface area contributed by atoms with Crippen molar-refractivity contribution in [2.45, 2.75) is 68.4 Å². The van der Waals surface area contributed by atoms with Crippen LogP contribution < -0.4 is 0 Å². The van der Waals surface area contributed by atoms with Crippen molar-refractivity contribution in [3.8, 4) is 6.07 Å². The summed E-state index contributed by atoms with van der Waals surface area (Å²) in [7, 11) is 2.21. The zero-order valence-corrected chi connectivity index (χ0v) is 20.0. The molecule has 0 radical (unpaired) electrons. The fourth-order valence-electron chi connectivity index (χ4n) is 5.70. The summed E-state index contributed by atoms with van der Waals surface area (Å²) >= 11 is 0. The Balaban J connectivity index is 1.36. The van der Waals surface area contributed by atoms with Crippen LogP contribution >= 0.6 is 0 Å². The number of nitrogens with zero attached hydrogens (tertiary/aromatic N) is 4. The first-order valence-corrected chi connectivity index (χ1v) is 12.8. The van der Waals surface area contributed by atoms with Gasteiger partial charge in [-0.1, -0.05) is 53.6 Å². The summed E-state index contributed by atoms with van der Waals surface area (Å²) in [5.41, 5.74) is 1.28. The molecule has 4 aliphatic rings. The zero-order chi connectivity index (χ0) is 23.2. The molecule has 5 nitrogen and oxygen atoms in total. The van der Waals surface area contributed by atoms with E-state index in [2.05, 4.69) is 55.6 Å². The molecule has 0 aromatic heterocycles. The van der Waals surface area contributed by atoms with E-state index in [1.54, 1.807) is 0 Å². The van der Waals surface area contributed by atoms with Gasteiger partial charge in [-0.3, -0.25) is 0 Å². The number of quaternary nitrogens is 1. The molecule has 174 valence electrons. The van der Waals surface area contributed by atoms with Gasteiger partial charge < -0.3 is 4.74 Å². The predicted molar refractivity (Wildman–Crippen MR) is 133 cm³/mol. The molecular weight excluding hydrogens is 420 g/mol. The fourth-order valence-corrected chi connectivity index (χ4v) is 5.70. The number of nitriles is 1. The van der Waals surface area contributed by atoms with Gasteiger partial charge in [-0.2, -0.15) is 10.3 Å². The van der Waals surface area contributed by atoms with Gasteiger partial charge in [-0.15, -0.1) is 4.59 Å². The van der Waals surface area contributed by atoms with Gasteiger partial charge in [0, 0.05) is 12.8 Å². The van der Waals surface area contributed by atoms with Crippen LogP contribution in [0.5, 0.6) is 0 Å². The third-order valence-electron chi connectivity index (χ3n) is 8.38. The molecule has 1 aliphatic heterocycles. The van der Waals surface area contributed by atoms with Crippen LogP contribution in [0.15, 0.2) is 70.8 Å². The van der Waals surface area contributed by atoms with Gasteiger partial charge in [0.1, 0.15) is 11.6 Å². The summed E-state index contributed by atoms with van der Waals surface area (Å²) in [6, 6.07) is 24.0. The predicted octanol–water partition coefficient (Wildman–Crippen LogP) is 5.57. The van der Waals surface area contributed by atoms with E-state index in [9.17, 15) is 5.26 Å². The lowest BCUT2D eigenvalue weighted by molar-refractivity contribution is -0.836. The molecule has 1 atom stereocenters. The van der Waals surface area contributed by atoms with E-state index in [1.165, 1.54) is 25.7 Å². The highest BCUT2D eigenvalue weighted by atomic mass is 16.5. The maximum Gasteiger partial charge on any atom is 0.263 e. The average Bonchev–Trinajstić information content (AvgIpc) is 3.82. The maximum atomic E-state index is 10.3. The van der Waals surface area contributed by atoms with Crippen LogP contribution in [-0.4, -0.2) is 41.6 Å². The van der Waals surface area contributed by atoms with Gasteiger partial charge >= 0.3 is 0 Å². The third kappa shape index (κ3) is 3.70. The standard InChI is InChI=1S/C29H33N4O/c1-33(25-14-15-25)26(23-8-4-2-5-9-23)31-27(32-33)29(34-20-22-12-13-22)18-16-28(21-30,17-19-29)24-10-6-3-7-11-24/h2-11,22,25H,12-20H2,1H3/q+1/t28-,29-,33?. The summed E-state index contributed by atoms with van der Waals surface area (Å²) in [6.45, 7) is 0.771. The van der Waals surface area contributed by atoms with E-state index in [4.69, 9.17) is 14.8 Å². The molecule has 5 heteroatoms. The molecule has 0 saturated heterocycles. The lowest BCUT2D eigenvalue weighted by Crippen LogP contribution is -2.48. The summed E-state index contributed by atoms with van der Waals surface area (Å²) in [6.07, 6.45) is 7.95. The number of hydrogen-bond acceptors (Lipinski definition) is 4. The molecule has 34 heavy (non-hydrogen) atoms. The monoisotopic (exact) mass is 453 g/mol. The molecule has 6 rings (SSSR count). The first-order valence-electron chi connectivity index (χ1n) is 12.8. The van der Waals surface area contributed by atoms with E-state index >= 15 is 0 Å². The van der Waals surface area contributed by atoms with E-state index in [0.29, 0.717) is 16.6 Å². The second-order valence-corrected chi connectivity index (χ2v) is 10.8. The lowest BCUT2D eigenvalue weighted by Gasteiger charge is -2.42. The van der Waals surface area contributed by atoms with Crippen molar-refractivity contribution < 1.29 is 9.33 Å². The Labute approximate surface area is 202 Å². The van der Waals surface area contributed by atoms with Crippen LogP contribution in [0.25, 0.3) is 0 Å². The molecule has 2 aromatic rings. The van der Waals surface area contributed by atoms with Gasteiger partial charge in [-0.25, -0.2) is 0 Å². The number of aliphatic imine (C=N–C) groups is 1. The van der Waals surface area contributed by atoms with Crippen LogP contribution in [0.2, 0.25) is 0 Å². The van der Waals surface area contributed by atoms with Crippen LogP contribution in [0.4, 0.5) is 0 Å². The molecular formula is C29H33N4O+. The van der Waals surface area contributed by atoms with Gasteiger partial charge in [0.15, 0.2) is 0 Å². The van der Waals surface area contributed by atoms with Crippen molar-refractivity contribution in [3.05, 3.63) is 71.8 Å². The molecule has 2 aromatic carbocycles. The Morgan fingerprint density at radius 2 is 1.59 bits per heavy atom. The van der Waals surface area contributed by atoms with Gasteiger partial charge in [0.25, 0.3) is 5.84 Å². The zero-order valence-electron chi connectivity index (χ0n) is 20.0. The second-order valence-electron chi connectivity index (χ2n) is 10.8. The quantitative estimate of drug-likeness (QED) is 0.515. The first-order chi connectivity index (χ1) is 16.6. The van der Waals surface area contributed by atoms with Crippen molar-refractivity contribution >= 4 is 11.7 Å². The van der Waals surface area contributed by atoms with Gasteiger partial charge in [-0.05, 0) is 62.1 Å². The number of rotatable bonds is 7.